The Hall–Kier alpha value is -1.32. The van der Waals surface area contributed by atoms with Gasteiger partial charge in [0.15, 0.2) is 0 Å². The molecular formula is C13H18F2N2. The second-order valence-corrected chi connectivity index (χ2v) is 4.58. The van der Waals surface area contributed by atoms with Gasteiger partial charge in [-0.1, -0.05) is 6.92 Å². The van der Waals surface area contributed by atoms with Crippen LogP contribution in [0.1, 0.15) is 25.3 Å². The second kappa shape index (κ2) is 4.51. The molecule has 0 amide bonds. The van der Waals surface area contributed by atoms with E-state index in [1.54, 1.807) is 0 Å². The predicted octanol–water partition coefficient (Wildman–Crippen LogP) is 3.07. The third-order valence-corrected chi connectivity index (χ3v) is 3.37. The lowest BCUT2D eigenvalue weighted by Crippen LogP contribution is -2.39. The van der Waals surface area contributed by atoms with Gasteiger partial charge in [0.1, 0.15) is 0 Å². The number of benzene rings is 1. The van der Waals surface area contributed by atoms with Crippen LogP contribution in [-0.2, 0) is 6.42 Å². The number of alkyl halides is 2. The predicted molar refractivity (Wildman–Crippen MR) is 66.6 cm³/mol. The normalized spacial score (nSPS) is 19.4. The molecule has 0 saturated carbocycles. The minimum absolute atomic E-state index is 0.0567. The summed E-state index contributed by atoms with van der Waals surface area (Å²) in [7, 11) is 0. The Kier molecular flexibility index (Phi) is 3.22. The van der Waals surface area contributed by atoms with E-state index in [0.29, 0.717) is 13.1 Å². The van der Waals surface area contributed by atoms with E-state index in [9.17, 15) is 8.78 Å². The molecule has 0 spiro atoms. The molecular weight excluding hydrogens is 222 g/mol. The van der Waals surface area contributed by atoms with Crippen molar-refractivity contribution < 1.29 is 8.78 Å². The number of halogens is 2. The van der Waals surface area contributed by atoms with Crippen LogP contribution < -0.4 is 10.6 Å². The number of rotatable bonds is 2. The Balaban J connectivity index is 2.13. The van der Waals surface area contributed by atoms with Crippen molar-refractivity contribution in [2.24, 2.45) is 0 Å². The maximum Gasteiger partial charge on any atom is 0.251 e. The van der Waals surface area contributed by atoms with Crippen LogP contribution in [0, 0.1) is 0 Å². The van der Waals surface area contributed by atoms with E-state index in [0.717, 1.165) is 23.4 Å². The van der Waals surface area contributed by atoms with Crippen molar-refractivity contribution >= 4 is 11.4 Å². The quantitative estimate of drug-likeness (QED) is 0.805. The lowest BCUT2D eigenvalue weighted by atomic mass is 10.0. The van der Waals surface area contributed by atoms with Crippen molar-refractivity contribution in [3.05, 3.63) is 23.8 Å². The first-order valence-corrected chi connectivity index (χ1v) is 6.03. The van der Waals surface area contributed by atoms with Crippen LogP contribution in [0.4, 0.5) is 20.2 Å². The summed E-state index contributed by atoms with van der Waals surface area (Å²) in [5.74, 6) is -2.49. The van der Waals surface area contributed by atoms with Gasteiger partial charge in [-0.25, -0.2) is 8.78 Å². The zero-order valence-electron chi connectivity index (χ0n) is 10.0. The maximum atomic E-state index is 13.1. The van der Waals surface area contributed by atoms with Gasteiger partial charge < -0.3 is 10.6 Å². The van der Waals surface area contributed by atoms with Crippen molar-refractivity contribution in [2.45, 2.75) is 32.1 Å². The summed E-state index contributed by atoms with van der Waals surface area (Å²) in [5, 5.41) is 0. The Labute approximate surface area is 100 Å². The summed E-state index contributed by atoms with van der Waals surface area (Å²) >= 11 is 0. The Morgan fingerprint density at radius 2 is 1.94 bits per heavy atom. The molecule has 1 heterocycles. The average molecular weight is 240 g/mol. The van der Waals surface area contributed by atoms with Crippen LogP contribution in [0.25, 0.3) is 0 Å². The van der Waals surface area contributed by atoms with Gasteiger partial charge >= 0.3 is 0 Å². The van der Waals surface area contributed by atoms with Gasteiger partial charge in [0.25, 0.3) is 5.92 Å². The van der Waals surface area contributed by atoms with E-state index in [4.69, 9.17) is 5.73 Å². The molecule has 0 aliphatic carbocycles. The van der Waals surface area contributed by atoms with Gasteiger partial charge in [0.2, 0.25) is 0 Å². The van der Waals surface area contributed by atoms with Crippen LogP contribution in [0.3, 0.4) is 0 Å². The van der Waals surface area contributed by atoms with E-state index < -0.39 is 5.92 Å². The lowest BCUT2D eigenvalue weighted by molar-refractivity contribution is -0.0220. The van der Waals surface area contributed by atoms with Gasteiger partial charge in [-0.2, -0.15) is 0 Å². The van der Waals surface area contributed by atoms with Crippen LogP contribution >= 0.6 is 0 Å². The Bertz CT molecular complexity index is 394. The SMILES string of the molecule is CCc1cc(N2CCC(F)(F)CC2)ccc1N. The minimum atomic E-state index is -2.49. The standard InChI is InChI=1S/C13H18F2N2/c1-2-10-9-11(3-4-12(10)16)17-7-5-13(14,15)6-8-17/h3-4,9H,2,5-8,16H2,1H3. The highest BCUT2D eigenvalue weighted by Gasteiger charge is 2.34. The molecule has 2 nitrogen and oxygen atoms in total. The molecule has 4 heteroatoms. The zero-order chi connectivity index (χ0) is 12.5. The number of aryl methyl sites for hydroxylation is 1. The lowest BCUT2D eigenvalue weighted by Gasteiger charge is -2.33. The van der Waals surface area contributed by atoms with Crippen LogP contribution in [0.5, 0.6) is 0 Å². The molecule has 1 fully saturated rings. The fraction of sp³-hybridized carbons (Fsp3) is 0.538. The van der Waals surface area contributed by atoms with Crippen molar-refractivity contribution in [3.63, 3.8) is 0 Å². The number of nitrogens with two attached hydrogens (primary N) is 1. The average Bonchev–Trinajstić information content (AvgIpc) is 2.30. The number of anilines is 2. The van der Waals surface area contributed by atoms with E-state index in [1.807, 2.05) is 30.0 Å². The molecule has 17 heavy (non-hydrogen) atoms. The molecule has 0 atom stereocenters. The fourth-order valence-electron chi connectivity index (χ4n) is 2.19. The topological polar surface area (TPSA) is 29.3 Å². The number of nitrogen functional groups attached to an aromatic ring is 1. The molecule has 0 radical (unpaired) electrons. The largest absolute Gasteiger partial charge is 0.399 e. The van der Waals surface area contributed by atoms with E-state index in [-0.39, 0.29) is 12.8 Å². The first-order valence-electron chi connectivity index (χ1n) is 6.03. The maximum absolute atomic E-state index is 13.1. The third kappa shape index (κ3) is 2.68. The number of hydrogen-bond donors (Lipinski definition) is 1. The summed E-state index contributed by atoms with van der Waals surface area (Å²) < 4.78 is 26.1. The summed E-state index contributed by atoms with van der Waals surface area (Å²) in [6.07, 6.45) is 0.751. The number of hydrogen-bond acceptors (Lipinski definition) is 2. The van der Waals surface area contributed by atoms with Gasteiger partial charge in [-0.15, -0.1) is 0 Å². The first-order chi connectivity index (χ1) is 8.02. The summed E-state index contributed by atoms with van der Waals surface area (Å²) in [6.45, 7) is 2.87. The molecule has 2 rings (SSSR count). The van der Waals surface area contributed by atoms with Crippen molar-refractivity contribution in [3.8, 4) is 0 Å². The fourth-order valence-corrected chi connectivity index (χ4v) is 2.19. The molecule has 1 aromatic carbocycles. The van der Waals surface area contributed by atoms with Gasteiger partial charge in [0.05, 0.1) is 0 Å². The second-order valence-electron chi connectivity index (χ2n) is 4.58. The van der Waals surface area contributed by atoms with Crippen molar-refractivity contribution in [2.75, 3.05) is 23.7 Å². The van der Waals surface area contributed by atoms with Crippen LogP contribution in [0.15, 0.2) is 18.2 Å². The Morgan fingerprint density at radius 3 is 2.53 bits per heavy atom. The highest BCUT2D eigenvalue weighted by atomic mass is 19.3. The highest BCUT2D eigenvalue weighted by molar-refractivity contribution is 5.58. The molecule has 1 aliphatic heterocycles. The first kappa shape index (κ1) is 12.1. The minimum Gasteiger partial charge on any atom is -0.399 e. The molecule has 94 valence electrons. The monoisotopic (exact) mass is 240 g/mol. The van der Waals surface area contributed by atoms with Crippen molar-refractivity contribution in [1.29, 1.82) is 0 Å². The molecule has 0 bridgehead atoms. The Morgan fingerprint density at radius 1 is 1.29 bits per heavy atom. The number of nitrogens with zero attached hydrogens (tertiary/aromatic N) is 1. The highest BCUT2D eigenvalue weighted by Crippen LogP contribution is 2.31. The smallest absolute Gasteiger partial charge is 0.251 e. The van der Waals surface area contributed by atoms with Crippen molar-refractivity contribution in [1.82, 2.24) is 0 Å². The molecule has 2 N–H and O–H groups in total. The summed E-state index contributed by atoms with van der Waals surface area (Å²) in [4.78, 5) is 2.01. The summed E-state index contributed by atoms with van der Waals surface area (Å²) in [5.41, 5.74) is 8.70. The van der Waals surface area contributed by atoms with E-state index >= 15 is 0 Å². The number of piperidine rings is 1. The summed E-state index contributed by atoms with van der Waals surface area (Å²) in [6, 6.07) is 5.79. The van der Waals surface area contributed by atoms with Gasteiger partial charge in [-0.05, 0) is 30.2 Å². The zero-order valence-corrected chi connectivity index (χ0v) is 10.0. The third-order valence-electron chi connectivity index (χ3n) is 3.37. The van der Waals surface area contributed by atoms with Crippen LogP contribution in [-0.4, -0.2) is 19.0 Å². The molecule has 1 saturated heterocycles. The van der Waals surface area contributed by atoms with Gasteiger partial charge in [0, 0.05) is 37.3 Å². The van der Waals surface area contributed by atoms with E-state index in [2.05, 4.69) is 0 Å². The van der Waals surface area contributed by atoms with Gasteiger partial charge in [-0.3, -0.25) is 0 Å². The van der Waals surface area contributed by atoms with E-state index in [1.165, 1.54) is 0 Å². The molecule has 0 aromatic heterocycles. The molecule has 0 unspecified atom stereocenters. The molecule has 1 aromatic rings. The molecule has 1 aliphatic rings. The van der Waals surface area contributed by atoms with Crippen LogP contribution in [0.2, 0.25) is 0 Å².